The molecule has 29 heavy (non-hydrogen) atoms. The van der Waals surface area contributed by atoms with E-state index in [2.05, 4.69) is 20.9 Å². The number of benzene rings is 1. The zero-order valence-corrected chi connectivity index (χ0v) is 18.1. The summed E-state index contributed by atoms with van der Waals surface area (Å²) in [6, 6.07) is 5.37. The average molecular weight is 440 g/mol. The third-order valence-corrected chi connectivity index (χ3v) is 5.04. The smallest absolute Gasteiger partial charge is 0.275 e. The molecule has 0 bridgehead atoms. The summed E-state index contributed by atoms with van der Waals surface area (Å²) in [7, 11) is 0. The van der Waals surface area contributed by atoms with Crippen LogP contribution in [-0.4, -0.2) is 44.0 Å². The Morgan fingerprint density at radius 2 is 2.21 bits per heavy atom. The summed E-state index contributed by atoms with van der Waals surface area (Å²) in [5.41, 5.74) is 7.42. The van der Waals surface area contributed by atoms with E-state index in [-0.39, 0.29) is 17.7 Å². The maximum atomic E-state index is 12.8. The van der Waals surface area contributed by atoms with E-state index in [1.807, 2.05) is 13.0 Å². The van der Waals surface area contributed by atoms with Crippen LogP contribution >= 0.6 is 23.2 Å². The van der Waals surface area contributed by atoms with E-state index in [9.17, 15) is 4.79 Å². The van der Waals surface area contributed by atoms with Gasteiger partial charge in [-0.05, 0) is 49.4 Å². The summed E-state index contributed by atoms with van der Waals surface area (Å²) in [4.78, 5) is 17.2. The number of nitrogens with one attached hydrogen (secondary N) is 3. The second-order valence-corrected chi connectivity index (χ2v) is 7.31. The fourth-order valence-corrected chi connectivity index (χ4v) is 2.95. The van der Waals surface area contributed by atoms with Gasteiger partial charge in [0.1, 0.15) is 11.5 Å². The molecule has 9 heteroatoms. The maximum Gasteiger partial charge on any atom is 0.275 e. The van der Waals surface area contributed by atoms with Gasteiger partial charge in [0.05, 0.1) is 29.3 Å². The lowest BCUT2D eigenvalue weighted by Gasteiger charge is -2.22. The van der Waals surface area contributed by atoms with Crippen molar-refractivity contribution in [3.8, 4) is 0 Å². The second-order valence-electron chi connectivity index (χ2n) is 6.49. The van der Waals surface area contributed by atoms with Crippen molar-refractivity contribution in [2.45, 2.75) is 26.5 Å². The number of hydrogen-bond acceptors (Lipinski definition) is 6. The van der Waals surface area contributed by atoms with Crippen LogP contribution in [0.3, 0.4) is 0 Å². The average Bonchev–Trinajstić information content (AvgIpc) is 2.74. The van der Waals surface area contributed by atoms with Crippen molar-refractivity contribution in [2.75, 3.05) is 26.2 Å². The molecule has 1 heterocycles. The van der Waals surface area contributed by atoms with E-state index < -0.39 is 0 Å². The minimum absolute atomic E-state index is 0.0638. The largest absolute Gasteiger partial charge is 0.404 e. The number of allylic oxidation sites excluding steroid dienone is 1. The van der Waals surface area contributed by atoms with Crippen LogP contribution in [0.15, 0.2) is 46.9 Å². The van der Waals surface area contributed by atoms with Crippen LogP contribution in [0.5, 0.6) is 0 Å². The number of morpholine rings is 1. The van der Waals surface area contributed by atoms with Gasteiger partial charge in [0.15, 0.2) is 0 Å². The highest BCUT2D eigenvalue weighted by Gasteiger charge is 2.17. The predicted octanol–water partition coefficient (Wildman–Crippen LogP) is 2.35. The number of carbonyl (C=O) groups is 1. The normalized spacial score (nSPS) is 18.5. The van der Waals surface area contributed by atoms with Crippen molar-refractivity contribution in [1.29, 1.82) is 0 Å². The van der Waals surface area contributed by atoms with Crippen LogP contribution in [0.25, 0.3) is 0 Å². The monoisotopic (exact) mass is 439 g/mol. The Balaban J connectivity index is 2.00. The first-order valence-corrected chi connectivity index (χ1v) is 10.1. The molecular formula is C20H27Cl2N5O2. The van der Waals surface area contributed by atoms with E-state index in [4.69, 9.17) is 33.7 Å². The van der Waals surface area contributed by atoms with Gasteiger partial charge in [-0.3, -0.25) is 9.79 Å². The van der Waals surface area contributed by atoms with Crippen molar-refractivity contribution in [3.05, 3.63) is 57.5 Å². The van der Waals surface area contributed by atoms with Crippen LogP contribution in [-0.2, 0) is 16.1 Å². The van der Waals surface area contributed by atoms with Crippen LogP contribution in [0.2, 0.25) is 10.0 Å². The molecule has 0 radical (unpaired) electrons. The van der Waals surface area contributed by atoms with E-state index in [1.165, 1.54) is 6.20 Å². The number of ether oxygens (including phenoxy) is 1. The predicted molar refractivity (Wildman–Crippen MR) is 118 cm³/mol. The van der Waals surface area contributed by atoms with Crippen molar-refractivity contribution in [1.82, 2.24) is 16.0 Å². The highest BCUT2D eigenvalue weighted by atomic mass is 35.5. The van der Waals surface area contributed by atoms with Crippen molar-refractivity contribution in [3.63, 3.8) is 0 Å². The fourth-order valence-electron chi connectivity index (χ4n) is 2.63. The molecule has 0 spiro atoms. The molecule has 1 aliphatic heterocycles. The Morgan fingerprint density at radius 1 is 1.41 bits per heavy atom. The molecule has 7 nitrogen and oxygen atoms in total. The topological polar surface area (TPSA) is 101 Å². The lowest BCUT2D eigenvalue weighted by Crippen LogP contribution is -2.41. The van der Waals surface area contributed by atoms with Gasteiger partial charge in [-0.2, -0.15) is 0 Å². The molecule has 5 N–H and O–H groups in total. The summed E-state index contributed by atoms with van der Waals surface area (Å²) in [6.07, 6.45) is 3.07. The Labute approximate surface area is 181 Å². The van der Waals surface area contributed by atoms with E-state index in [1.54, 1.807) is 25.1 Å². The van der Waals surface area contributed by atoms with Crippen LogP contribution in [0.1, 0.15) is 19.4 Å². The fraction of sp³-hybridized carbons (Fsp3) is 0.400. The summed E-state index contributed by atoms with van der Waals surface area (Å²) in [5.74, 6) is 0.205. The number of nitrogens with two attached hydrogens (primary N) is 1. The number of carbonyl (C=O) groups excluding carboxylic acids is 1. The third-order valence-electron chi connectivity index (χ3n) is 4.30. The first-order valence-electron chi connectivity index (χ1n) is 9.35. The molecule has 1 unspecified atom stereocenters. The molecular weight excluding hydrogens is 413 g/mol. The van der Waals surface area contributed by atoms with E-state index in [0.717, 1.165) is 12.1 Å². The highest BCUT2D eigenvalue weighted by molar-refractivity contribution is 6.45. The standard InChI is InChI=1S/C20H27Cl2N5O2/c1-3-18(25-10-14-4-5-16(21)17(22)8-14)27-20(28)19(13(2)9-23)26-12-15-11-24-6-7-29-15/h3-5,8-9,15,24-25H,6-7,10-12,23H2,1-2H3,(H,27,28)/b13-9?,18-3+,26-19?. The van der Waals surface area contributed by atoms with Crippen LogP contribution < -0.4 is 21.7 Å². The van der Waals surface area contributed by atoms with E-state index >= 15 is 0 Å². The minimum Gasteiger partial charge on any atom is -0.404 e. The molecule has 0 saturated carbocycles. The second kappa shape index (κ2) is 11.8. The molecule has 1 amide bonds. The van der Waals surface area contributed by atoms with Gasteiger partial charge in [0.2, 0.25) is 0 Å². The minimum atomic E-state index is -0.345. The molecule has 158 valence electrons. The number of aliphatic imine (C=N–C) groups is 1. The molecule has 1 aliphatic rings. The molecule has 0 aliphatic carbocycles. The Morgan fingerprint density at radius 3 is 2.83 bits per heavy atom. The maximum absolute atomic E-state index is 12.8. The van der Waals surface area contributed by atoms with Crippen LogP contribution in [0.4, 0.5) is 0 Å². The van der Waals surface area contributed by atoms with E-state index in [0.29, 0.717) is 47.7 Å². The van der Waals surface area contributed by atoms with Gasteiger partial charge in [-0.15, -0.1) is 0 Å². The molecule has 1 fully saturated rings. The molecule has 1 aromatic rings. The summed E-state index contributed by atoms with van der Waals surface area (Å²) >= 11 is 12.0. The summed E-state index contributed by atoms with van der Waals surface area (Å²) in [6.45, 7) is 6.58. The van der Waals surface area contributed by atoms with Gasteiger partial charge in [0, 0.05) is 19.6 Å². The van der Waals surface area contributed by atoms with Gasteiger partial charge in [-0.25, -0.2) is 0 Å². The SMILES string of the molecule is C/C=C(\NCc1ccc(Cl)c(Cl)c1)NC(=O)C(=NCC1CNCCO1)C(C)=CN. The van der Waals surface area contributed by atoms with Gasteiger partial charge < -0.3 is 26.4 Å². The molecule has 1 saturated heterocycles. The zero-order valence-electron chi connectivity index (χ0n) is 16.6. The number of hydrogen-bond donors (Lipinski definition) is 4. The van der Waals surface area contributed by atoms with Crippen molar-refractivity contribution in [2.24, 2.45) is 10.7 Å². The number of amides is 1. The van der Waals surface area contributed by atoms with Gasteiger partial charge in [0.25, 0.3) is 5.91 Å². The zero-order chi connectivity index (χ0) is 21.2. The Hall–Kier alpha value is -2.06. The Kier molecular flexibility index (Phi) is 9.47. The molecule has 1 aromatic carbocycles. The first kappa shape index (κ1) is 23.2. The third kappa shape index (κ3) is 7.36. The van der Waals surface area contributed by atoms with Gasteiger partial charge in [-0.1, -0.05) is 29.3 Å². The van der Waals surface area contributed by atoms with Gasteiger partial charge >= 0.3 is 0 Å². The summed E-state index contributed by atoms with van der Waals surface area (Å²) in [5, 5.41) is 10.2. The first-order chi connectivity index (χ1) is 13.9. The number of rotatable bonds is 8. The lowest BCUT2D eigenvalue weighted by atomic mass is 10.1. The summed E-state index contributed by atoms with van der Waals surface area (Å²) < 4.78 is 5.63. The number of halogens is 2. The molecule has 0 aromatic heterocycles. The highest BCUT2D eigenvalue weighted by Crippen LogP contribution is 2.22. The lowest BCUT2D eigenvalue weighted by molar-refractivity contribution is -0.114. The number of nitrogens with zero attached hydrogens (tertiary/aromatic N) is 1. The van der Waals surface area contributed by atoms with Crippen molar-refractivity contribution >= 4 is 34.8 Å². The Bertz CT molecular complexity index is 802. The quantitative estimate of drug-likeness (QED) is 0.465. The van der Waals surface area contributed by atoms with Crippen LogP contribution in [0, 0.1) is 0 Å². The molecule has 1 atom stereocenters. The van der Waals surface area contributed by atoms with Crippen molar-refractivity contribution < 1.29 is 9.53 Å². The molecule has 2 rings (SSSR count).